The van der Waals surface area contributed by atoms with Crippen LogP contribution in [0.1, 0.15) is 17.2 Å². The number of ether oxygens (including phenoxy) is 3. The molecule has 1 N–H and O–H groups in total. The lowest BCUT2D eigenvalue weighted by Gasteiger charge is -2.45. The molecular formula is C17H18O4. The zero-order valence-corrected chi connectivity index (χ0v) is 12.0. The molecule has 2 aromatic rings. The molecule has 3 atom stereocenters. The van der Waals surface area contributed by atoms with Gasteiger partial charge in [0.05, 0.1) is 0 Å². The summed E-state index contributed by atoms with van der Waals surface area (Å²) in [7, 11) is 3.16. The fraction of sp³-hybridized carbons (Fsp3) is 0.294. The molecule has 0 radical (unpaired) electrons. The van der Waals surface area contributed by atoms with Crippen molar-refractivity contribution in [3.63, 3.8) is 0 Å². The highest BCUT2D eigenvalue weighted by molar-refractivity contribution is 5.42. The molecule has 0 bridgehead atoms. The second kappa shape index (κ2) is 5.48. The highest BCUT2D eigenvalue weighted by Gasteiger charge is 2.53. The summed E-state index contributed by atoms with van der Waals surface area (Å²) in [5.74, 6) is 0.612. The Labute approximate surface area is 123 Å². The van der Waals surface area contributed by atoms with Crippen molar-refractivity contribution in [1.29, 1.82) is 0 Å². The molecule has 0 fully saturated rings. The van der Waals surface area contributed by atoms with Crippen molar-refractivity contribution in [2.45, 2.75) is 18.0 Å². The maximum atomic E-state index is 10.6. The number of fused-ring (bicyclic) bond motifs is 1. The summed E-state index contributed by atoms with van der Waals surface area (Å²) in [5, 5.41) is 10.6. The number of para-hydroxylation sites is 1. The van der Waals surface area contributed by atoms with Crippen LogP contribution in [0.5, 0.6) is 5.75 Å². The van der Waals surface area contributed by atoms with E-state index in [1.807, 2.05) is 54.6 Å². The Balaban J connectivity index is 2.20. The number of rotatable bonds is 3. The van der Waals surface area contributed by atoms with E-state index in [1.54, 1.807) is 14.2 Å². The van der Waals surface area contributed by atoms with Crippen molar-refractivity contribution in [1.82, 2.24) is 0 Å². The highest BCUT2D eigenvalue weighted by Crippen LogP contribution is 2.49. The molecule has 1 heterocycles. The summed E-state index contributed by atoms with van der Waals surface area (Å²) in [6, 6.07) is 17.0. The van der Waals surface area contributed by atoms with Crippen LogP contribution in [0.4, 0.5) is 0 Å². The fourth-order valence-corrected chi connectivity index (χ4v) is 2.99. The third-order valence-corrected chi connectivity index (χ3v) is 3.99. The van der Waals surface area contributed by atoms with Crippen LogP contribution >= 0.6 is 0 Å². The molecule has 0 aromatic heterocycles. The summed E-state index contributed by atoms with van der Waals surface area (Å²) in [5.41, 5.74) is 0.557. The third kappa shape index (κ3) is 2.03. The molecule has 3 rings (SSSR count). The van der Waals surface area contributed by atoms with Crippen molar-refractivity contribution >= 4 is 0 Å². The van der Waals surface area contributed by atoms with E-state index in [0.717, 1.165) is 11.1 Å². The monoisotopic (exact) mass is 286 g/mol. The van der Waals surface area contributed by atoms with Crippen molar-refractivity contribution in [2.75, 3.05) is 14.2 Å². The van der Waals surface area contributed by atoms with Gasteiger partial charge in [-0.25, -0.2) is 0 Å². The summed E-state index contributed by atoms with van der Waals surface area (Å²) in [4.78, 5) is 0. The number of aliphatic hydroxyl groups is 1. The predicted molar refractivity (Wildman–Crippen MR) is 78.0 cm³/mol. The Morgan fingerprint density at radius 1 is 1.00 bits per heavy atom. The largest absolute Gasteiger partial charge is 0.461 e. The minimum atomic E-state index is -1.16. The third-order valence-electron chi connectivity index (χ3n) is 3.99. The Morgan fingerprint density at radius 2 is 1.67 bits per heavy atom. The lowest BCUT2D eigenvalue weighted by Crippen LogP contribution is -2.52. The van der Waals surface area contributed by atoms with Crippen LogP contribution in [0.15, 0.2) is 54.6 Å². The zero-order chi connectivity index (χ0) is 14.9. The Kier molecular flexibility index (Phi) is 3.68. The molecule has 4 heteroatoms. The number of hydrogen-bond donors (Lipinski definition) is 1. The summed E-state index contributed by atoms with van der Waals surface area (Å²) < 4.78 is 17.1. The van der Waals surface area contributed by atoms with E-state index < -0.39 is 18.0 Å². The van der Waals surface area contributed by atoms with Crippen LogP contribution in [0, 0.1) is 0 Å². The van der Waals surface area contributed by atoms with Gasteiger partial charge in [-0.1, -0.05) is 48.5 Å². The lowest BCUT2D eigenvalue weighted by molar-refractivity contribution is -0.253. The second-order valence-corrected chi connectivity index (χ2v) is 4.99. The quantitative estimate of drug-likeness (QED) is 0.942. The van der Waals surface area contributed by atoms with E-state index >= 15 is 0 Å². The molecule has 0 spiro atoms. The molecule has 3 unspecified atom stereocenters. The van der Waals surface area contributed by atoms with Crippen LogP contribution in [0.25, 0.3) is 0 Å². The first-order valence-electron chi connectivity index (χ1n) is 6.81. The van der Waals surface area contributed by atoms with Crippen LogP contribution < -0.4 is 4.74 Å². The van der Waals surface area contributed by atoms with Gasteiger partial charge in [-0.3, -0.25) is 0 Å². The number of aliphatic hydroxyl groups excluding tert-OH is 1. The van der Waals surface area contributed by atoms with Gasteiger partial charge in [-0.2, -0.15) is 0 Å². The first-order chi connectivity index (χ1) is 10.2. The maximum Gasteiger partial charge on any atom is 0.234 e. The second-order valence-electron chi connectivity index (χ2n) is 4.99. The topological polar surface area (TPSA) is 47.9 Å². The predicted octanol–water partition coefficient (Wildman–Crippen LogP) is 2.63. The molecule has 0 saturated heterocycles. The maximum absolute atomic E-state index is 10.6. The van der Waals surface area contributed by atoms with Crippen LogP contribution in [0.3, 0.4) is 0 Å². The zero-order valence-electron chi connectivity index (χ0n) is 12.0. The van der Waals surface area contributed by atoms with Crippen molar-refractivity contribution in [3.8, 4) is 5.75 Å². The minimum Gasteiger partial charge on any atom is -0.461 e. The van der Waals surface area contributed by atoms with Crippen LogP contribution in [-0.2, 0) is 15.1 Å². The molecular weight excluding hydrogens is 268 g/mol. The summed E-state index contributed by atoms with van der Waals surface area (Å²) in [6.07, 6.45) is -1.63. The van der Waals surface area contributed by atoms with Gasteiger partial charge in [0.15, 0.2) is 5.60 Å². The van der Waals surface area contributed by atoms with E-state index in [9.17, 15) is 5.11 Å². The van der Waals surface area contributed by atoms with Gasteiger partial charge in [0.25, 0.3) is 0 Å². The average Bonchev–Trinajstić information content (AvgIpc) is 2.54. The van der Waals surface area contributed by atoms with E-state index in [1.165, 1.54) is 0 Å². The van der Waals surface area contributed by atoms with Crippen molar-refractivity contribution in [2.24, 2.45) is 0 Å². The number of benzene rings is 2. The Bertz CT molecular complexity index is 613. The van der Waals surface area contributed by atoms with Crippen molar-refractivity contribution in [3.05, 3.63) is 65.7 Å². The van der Waals surface area contributed by atoms with Gasteiger partial charge in [0, 0.05) is 19.8 Å². The molecule has 1 aliphatic rings. The van der Waals surface area contributed by atoms with Gasteiger partial charge >= 0.3 is 0 Å². The molecule has 0 aliphatic carbocycles. The Hall–Kier alpha value is -1.88. The first kappa shape index (κ1) is 14.1. The molecule has 21 heavy (non-hydrogen) atoms. The average molecular weight is 286 g/mol. The van der Waals surface area contributed by atoms with Gasteiger partial charge in [0.2, 0.25) is 6.29 Å². The van der Waals surface area contributed by atoms with Crippen LogP contribution in [-0.4, -0.2) is 25.6 Å². The van der Waals surface area contributed by atoms with E-state index in [0.29, 0.717) is 5.75 Å². The highest BCUT2D eigenvalue weighted by atomic mass is 16.7. The van der Waals surface area contributed by atoms with Crippen LogP contribution in [0.2, 0.25) is 0 Å². The first-order valence-corrected chi connectivity index (χ1v) is 6.81. The molecule has 0 saturated carbocycles. The van der Waals surface area contributed by atoms with E-state index in [4.69, 9.17) is 14.2 Å². The van der Waals surface area contributed by atoms with Crippen molar-refractivity contribution < 1.29 is 19.3 Å². The lowest BCUT2D eigenvalue weighted by atomic mass is 9.81. The SMILES string of the molecule is COC1c2ccccc2OC(O)C1(OC)c1ccccc1. The molecule has 0 amide bonds. The molecule has 110 valence electrons. The molecule has 1 aliphatic heterocycles. The molecule has 2 aromatic carbocycles. The number of methoxy groups -OCH3 is 2. The van der Waals surface area contributed by atoms with Gasteiger partial charge in [-0.15, -0.1) is 0 Å². The van der Waals surface area contributed by atoms with Gasteiger partial charge < -0.3 is 19.3 Å². The summed E-state index contributed by atoms with van der Waals surface area (Å²) >= 11 is 0. The normalized spacial score (nSPS) is 27.8. The molecule has 4 nitrogen and oxygen atoms in total. The fourth-order valence-electron chi connectivity index (χ4n) is 2.99. The minimum absolute atomic E-state index is 0.468. The standard InChI is InChI=1S/C17H18O4/c1-19-15-13-10-6-7-11-14(13)21-16(18)17(15,20-2)12-8-4-3-5-9-12/h3-11,15-16,18H,1-2H3. The van der Waals surface area contributed by atoms with Gasteiger partial charge in [-0.05, 0) is 11.6 Å². The summed E-state index contributed by atoms with van der Waals surface area (Å²) in [6.45, 7) is 0. The smallest absolute Gasteiger partial charge is 0.234 e. The Morgan fingerprint density at radius 3 is 2.33 bits per heavy atom. The van der Waals surface area contributed by atoms with Gasteiger partial charge in [0.1, 0.15) is 11.9 Å². The number of hydrogen-bond acceptors (Lipinski definition) is 4. The van der Waals surface area contributed by atoms with E-state index in [2.05, 4.69) is 0 Å². The van der Waals surface area contributed by atoms with E-state index in [-0.39, 0.29) is 0 Å².